The van der Waals surface area contributed by atoms with Gasteiger partial charge < -0.3 is 4.43 Å². The zero-order valence-corrected chi connectivity index (χ0v) is 17.2. The molecule has 0 amide bonds. The summed E-state index contributed by atoms with van der Waals surface area (Å²) < 4.78 is 31.9. The standard InChI is InChI=1S/C18H36OSi2/c1-17(2,3)21(7,8)19-15-10-9-13-18(4)14(15)11-12-16(18)20(5)6/h12,14-15,20H,9-11,13H2,1-8H3/t14-,15+,18-/m0/s1/i4D3. The molecule has 0 heterocycles. The molecule has 0 aliphatic heterocycles. The van der Waals surface area contributed by atoms with Crippen LogP contribution in [0.4, 0.5) is 0 Å². The van der Waals surface area contributed by atoms with Crippen LogP contribution in [-0.2, 0) is 4.43 Å². The SMILES string of the molecule is [2H]C([2H])([2H])[C@]12CCC[C@@H](O[Si](C)(C)C(C)(C)C)[C@@H]1CC=C2[SiH](C)C. The van der Waals surface area contributed by atoms with Gasteiger partial charge in [-0.3, -0.25) is 0 Å². The van der Waals surface area contributed by atoms with Gasteiger partial charge >= 0.3 is 0 Å². The van der Waals surface area contributed by atoms with Crippen molar-refractivity contribution in [1.29, 1.82) is 0 Å². The van der Waals surface area contributed by atoms with Gasteiger partial charge in [-0.2, -0.15) is 0 Å². The van der Waals surface area contributed by atoms with Crippen molar-refractivity contribution < 1.29 is 8.54 Å². The smallest absolute Gasteiger partial charge is 0.192 e. The Morgan fingerprint density at radius 3 is 2.57 bits per heavy atom. The zero-order valence-electron chi connectivity index (χ0n) is 18.0. The molecule has 21 heavy (non-hydrogen) atoms. The second-order valence-electron chi connectivity index (χ2n) is 8.94. The van der Waals surface area contributed by atoms with Crippen molar-refractivity contribution in [3.8, 4) is 0 Å². The van der Waals surface area contributed by atoms with Gasteiger partial charge in [0.15, 0.2) is 8.32 Å². The molecule has 0 unspecified atom stereocenters. The van der Waals surface area contributed by atoms with Gasteiger partial charge in [0.25, 0.3) is 0 Å². The van der Waals surface area contributed by atoms with Crippen molar-refractivity contribution in [2.75, 3.05) is 0 Å². The van der Waals surface area contributed by atoms with Crippen LogP contribution in [0.25, 0.3) is 0 Å². The highest BCUT2D eigenvalue weighted by Crippen LogP contribution is 2.55. The molecule has 0 aromatic carbocycles. The van der Waals surface area contributed by atoms with E-state index in [1.165, 1.54) is 5.20 Å². The number of hydrogen-bond donors (Lipinski definition) is 0. The highest BCUT2D eigenvalue weighted by atomic mass is 28.4. The quantitative estimate of drug-likeness (QED) is 0.618. The van der Waals surface area contributed by atoms with E-state index in [1.54, 1.807) is 0 Å². The Morgan fingerprint density at radius 2 is 2.05 bits per heavy atom. The topological polar surface area (TPSA) is 9.23 Å². The average molecular weight is 328 g/mol. The summed E-state index contributed by atoms with van der Waals surface area (Å²) >= 11 is 0. The van der Waals surface area contributed by atoms with Crippen LogP contribution in [0.15, 0.2) is 11.3 Å². The highest BCUT2D eigenvalue weighted by molar-refractivity contribution is 6.74. The molecule has 122 valence electrons. The van der Waals surface area contributed by atoms with Crippen LogP contribution in [0.1, 0.15) is 57.4 Å². The molecule has 0 N–H and O–H groups in total. The molecular formula is C18H36OSi2. The molecule has 1 nitrogen and oxygen atoms in total. The Morgan fingerprint density at radius 1 is 1.38 bits per heavy atom. The molecular weight excluding hydrogens is 288 g/mol. The second kappa shape index (κ2) is 5.65. The fourth-order valence-corrected chi connectivity index (χ4v) is 7.27. The van der Waals surface area contributed by atoms with Gasteiger partial charge in [0.1, 0.15) is 0 Å². The lowest BCUT2D eigenvalue weighted by Crippen LogP contribution is -2.50. The minimum atomic E-state index is -1.91. The summed E-state index contributed by atoms with van der Waals surface area (Å²) in [4.78, 5) is 0. The Labute approximate surface area is 139 Å². The summed E-state index contributed by atoms with van der Waals surface area (Å²) in [5, 5.41) is 1.46. The predicted molar refractivity (Wildman–Crippen MR) is 99.1 cm³/mol. The molecule has 0 radical (unpaired) electrons. The first-order valence-corrected chi connectivity index (χ1v) is 14.4. The van der Waals surface area contributed by atoms with Crippen molar-refractivity contribution in [3.63, 3.8) is 0 Å². The molecule has 2 aliphatic carbocycles. The van der Waals surface area contributed by atoms with Crippen LogP contribution in [0.2, 0.25) is 31.2 Å². The van der Waals surface area contributed by atoms with Crippen LogP contribution in [0.5, 0.6) is 0 Å². The van der Waals surface area contributed by atoms with E-state index in [4.69, 9.17) is 8.54 Å². The Kier molecular flexibility index (Phi) is 3.65. The Hall–Kier alpha value is 0.134. The van der Waals surface area contributed by atoms with Crippen LogP contribution in [0, 0.1) is 11.3 Å². The summed E-state index contributed by atoms with van der Waals surface area (Å²) in [5.74, 6) is 0.151. The fourth-order valence-electron chi connectivity index (χ4n) is 3.88. The molecule has 3 atom stereocenters. The van der Waals surface area contributed by atoms with Gasteiger partial charge in [0.05, 0.1) is 8.80 Å². The minimum Gasteiger partial charge on any atom is -0.414 e. The molecule has 0 aromatic rings. The lowest BCUT2D eigenvalue weighted by atomic mass is 9.68. The first-order valence-electron chi connectivity index (χ1n) is 10.1. The molecule has 0 bridgehead atoms. The largest absolute Gasteiger partial charge is 0.414 e. The Balaban J connectivity index is 2.38. The molecule has 0 aromatic heterocycles. The van der Waals surface area contributed by atoms with Gasteiger partial charge in [-0.05, 0) is 48.7 Å². The number of allylic oxidation sites excluding steroid dienone is 2. The first kappa shape index (κ1) is 13.6. The van der Waals surface area contributed by atoms with Gasteiger partial charge in [0.2, 0.25) is 0 Å². The van der Waals surface area contributed by atoms with E-state index in [0.29, 0.717) is 0 Å². The third-order valence-electron chi connectivity index (χ3n) is 6.12. The maximum atomic E-state index is 8.38. The minimum absolute atomic E-state index is 0.113. The van der Waals surface area contributed by atoms with Crippen LogP contribution < -0.4 is 0 Å². The molecule has 1 fully saturated rings. The van der Waals surface area contributed by atoms with Crippen molar-refractivity contribution >= 4 is 17.1 Å². The van der Waals surface area contributed by atoms with Gasteiger partial charge in [-0.1, -0.05) is 58.4 Å². The predicted octanol–water partition coefficient (Wildman–Crippen LogP) is 5.54. The second-order valence-corrected chi connectivity index (χ2v) is 16.6. The molecule has 0 saturated heterocycles. The van der Waals surface area contributed by atoms with Gasteiger partial charge in [0, 0.05) is 10.2 Å². The van der Waals surface area contributed by atoms with Crippen LogP contribution in [0.3, 0.4) is 0 Å². The van der Waals surface area contributed by atoms with E-state index in [9.17, 15) is 0 Å². The van der Waals surface area contributed by atoms with E-state index >= 15 is 0 Å². The van der Waals surface area contributed by atoms with Gasteiger partial charge in [-0.25, -0.2) is 0 Å². The highest BCUT2D eigenvalue weighted by Gasteiger charge is 2.50. The molecule has 2 rings (SSSR count). The summed E-state index contributed by atoms with van der Waals surface area (Å²) in [6.07, 6.45) is 6.13. The van der Waals surface area contributed by atoms with Gasteiger partial charge in [-0.15, -0.1) is 0 Å². The lowest BCUT2D eigenvalue weighted by molar-refractivity contribution is 0.0220. The van der Waals surface area contributed by atoms with E-state index in [-0.39, 0.29) is 17.1 Å². The third kappa shape index (κ3) is 3.11. The fraction of sp³-hybridized carbons (Fsp3) is 0.889. The first-order chi connectivity index (χ1) is 10.7. The molecule has 3 heteroatoms. The van der Waals surface area contributed by atoms with Crippen molar-refractivity contribution in [2.45, 2.75) is 90.6 Å². The van der Waals surface area contributed by atoms with Crippen molar-refractivity contribution in [2.24, 2.45) is 11.3 Å². The van der Waals surface area contributed by atoms with Crippen molar-refractivity contribution in [1.82, 2.24) is 0 Å². The monoisotopic (exact) mass is 327 g/mol. The third-order valence-corrected chi connectivity index (χ3v) is 12.6. The summed E-state index contributed by atoms with van der Waals surface area (Å²) in [6, 6.07) is 0. The van der Waals surface area contributed by atoms with E-state index < -0.39 is 29.4 Å². The number of hydrogen-bond acceptors (Lipinski definition) is 1. The van der Waals surface area contributed by atoms with Crippen molar-refractivity contribution in [3.05, 3.63) is 11.3 Å². The summed E-state index contributed by atoms with van der Waals surface area (Å²) in [5.41, 5.74) is -0.599. The van der Waals surface area contributed by atoms with E-state index in [2.05, 4.69) is 53.0 Å². The maximum absolute atomic E-state index is 8.38. The number of fused-ring (bicyclic) bond motifs is 1. The molecule has 0 spiro atoms. The number of rotatable bonds is 3. The zero-order chi connectivity index (χ0) is 18.6. The van der Waals surface area contributed by atoms with Crippen LogP contribution in [-0.4, -0.2) is 23.2 Å². The van der Waals surface area contributed by atoms with Crippen LogP contribution >= 0.6 is 0 Å². The summed E-state index contributed by atoms with van der Waals surface area (Å²) in [7, 11) is -3.03. The Bertz CT molecular complexity index is 505. The normalized spacial score (nSPS) is 36.8. The van der Waals surface area contributed by atoms with E-state index in [1.807, 2.05) is 0 Å². The maximum Gasteiger partial charge on any atom is 0.192 e. The molecule has 2 aliphatic rings. The van der Waals surface area contributed by atoms with E-state index in [0.717, 1.165) is 25.7 Å². The lowest BCUT2D eigenvalue weighted by Gasteiger charge is -2.49. The average Bonchev–Trinajstić information content (AvgIpc) is 2.78. The summed E-state index contributed by atoms with van der Waals surface area (Å²) in [6.45, 7) is 14.0. The molecule has 1 saturated carbocycles.